The minimum Gasteiger partial charge on any atom is -0.321 e. The molecule has 7 heteroatoms. The van der Waals surface area contributed by atoms with Crippen molar-refractivity contribution in [3.05, 3.63) is 58.3 Å². The molecule has 0 atom stereocenters. The predicted molar refractivity (Wildman–Crippen MR) is 81.6 cm³/mol. The number of anilines is 1. The van der Waals surface area contributed by atoms with Gasteiger partial charge in [-0.1, -0.05) is 12.1 Å². The molecule has 0 aromatic heterocycles. The first-order chi connectivity index (χ1) is 9.79. The number of carbonyl (C=O) groups excluding carboxylic acids is 1. The van der Waals surface area contributed by atoms with Crippen LogP contribution in [0.4, 0.5) is 10.1 Å². The third-order valence-corrected chi connectivity index (χ3v) is 4.48. The second-order valence-corrected chi connectivity index (χ2v) is 7.19. The molecule has 1 N–H and O–H groups in total. The van der Waals surface area contributed by atoms with Gasteiger partial charge in [-0.2, -0.15) is 0 Å². The summed E-state index contributed by atoms with van der Waals surface area (Å²) in [5.41, 5.74) is 0.400. The molecule has 0 fully saturated rings. The van der Waals surface area contributed by atoms with Crippen molar-refractivity contribution in [1.82, 2.24) is 0 Å². The first-order valence-electron chi connectivity index (χ1n) is 5.84. The molecule has 0 saturated heterocycles. The number of sulfone groups is 1. The molecule has 0 saturated carbocycles. The zero-order valence-electron chi connectivity index (χ0n) is 10.9. The van der Waals surface area contributed by atoms with E-state index in [4.69, 9.17) is 0 Å². The number of halogens is 2. The summed E-state index contributed by atoms with van der Waals surface area (Å²) in [6, 6.07) is 9.89. The Morgan fingerprint density at radius 2 is 1.86 bits per heavy atom. The van der Waals surface area contributed by atoms with Gasteiger partial charge < -0.3 is 5.32 Å². The minimum atomic E-state index is -3.46. The monoisotopic (exact) mass is 371 g/mol. The normalized spacial score (nSPS) is 11.2. The van der Waals surface area contributed by atoms with Crippen LogP contribution in [0, 0.1) is 5.82 Å². The smallest absolute Gasteiger partial charge is 0.255 e. The highest BCUT2D eigenvalue weighted by atomic mass is 79.9. The Hall–Kier alpha value is -1.73. The third-order valence-electron chi connectivity index (χ3n) is 2.72. The van der Waals surface area contributed by atoms with Gasteiger partial charge in [-0.3, -0.25) is 4.79 Å². The number of carbonyl (C=O) groups is 1. The molecule has 2 aromatic rings. The minimum absolute atomic E-state index is 0.0273. The number of hydrogen-bond acceptors (Lipinski definition) is 3. The maximum atomic E-state index is 13.2. The molecule has 0 aliphatic heterocycles. The number of nitrogens with one attached hydrogen (secondary N) is 1. The van der Waals surface area contributed by atoms with Gasteiger partial charge in [0.25, 0.3) is 5.91 Å². The molecule has 0 aliphatic carbocycles. The fraction of sp³-hybridized carbons (Fsp3) is 0.0714. The van der Waals surface area contributed by atoms with Crippen molar-refractivity contribution in [2.75, 3.05) is 11.6 Å². The van der Waals surface area contributed by atoms with E-state index in [9.17, 15) is 17.6 Å². The van der Waals surface area contributed by atoms with Crippen molar-refractivity contribution in [3.63, 3.8) is 0 Å². The van der Waals surface area contributed by atoms with E-state index in [1.54, 1.807) is 12.1 Å². The maximum absolute atomic E-state index is 13.2. The van der Waals surface area contributed by atoms with Crippen LogP contribution in [0.1, 0.15) is 10.4 Å². The molecule has 0 heterocycles. The highest BCUT2D eigenvalue weighted by molar-refractivity contribution is 9.10. The second kappa shape index (κ2) is 5.95. The summed E-state index contributed by atoms with van der Waals surface area (Å²) in [6.07, 6.45) is 1.06. The summed E-state index contributed by atoms with van der Waals surface area (Å²) in [5, 5.41) is 2.52. The largest absolute Gasteiger partial charge is 0.321 e. The molecule has 1 amide bonds. The van der Waals surface area contributed by atoms with Crippen molar-refractivity contribution < 1.29 is 17.6 Å². The number of amides is 1. The standard InChI is InChI=1S/C14H11BrFNO3S/c1-21(19,20)13-5-3-2-4-12(13)17-14(18)9-6-7-11(16)10(15)8-9/h2-8H,1H3,(H,17,18). The van der Waals surface area contributed by atoms with Gasteiger partial charge in [0.15, 0.2) is 9.84 Å². The highest BCUT2D eigenvalue weighted by Crippen LogP contribution is 2.22. The van der Waals surface area contributed by atoms with Crippen LogP contribution in [0.3, 0.4) is 0 Å². The SMILES string of the molecule is CS(=O)(=O)c1ccccc1NC(=O)c1ccc(F)c(Br)c1. The van der Waals surface area contributed by atoms with Gasteiger partial charge in [-0.15, -0.1) is 0 Å². The molecule has 21 heavy (non-hydrogen) atoms. The van der Waals surface area contributed by atoms with Gasteiger partial charge in [0, 0.05) is 11.8 Å². The molecule has 0 radical (unpaired) electrons. The van der Waals surface area contributed by atoms with Crippen LogP contribution >= 0.6 is 15.9 Å². The molecule has 0 bridgehead atoms. The number of benzene rings is 2. The summed E-state index contributed by atoms with van der Waals surface area (Å²) < 4.78 is 36.6. The summed E-state index contributed by atoms with van der Waals surface area (Å²) in [6.45, 7) is 0. The predicted octanol–water partition coefficient (Wildman–Crippen LogP) is 3.24. The van der Waals surface area contributed by atoms with E-state index in [2.05, 4.69) is 21.2 Å². The summed E-state index contributed by atoms with van der Waals surface area (Å²) >= 11 is 3.00. The molecular formula is C14H11BrFNO3S. The van der Waals surface area contributed by atoms with Gasteiger partial charge in [-0.25, -0.2) is 12.8 Å². The maximum Gasteiger partial charge on any atom is 0.255 e. The van der Waals surface area contributed by atoms with E-state index < -0.39 is 21.6 Å². The van der Waals surface area contributed by atoms with Crippen molar-refractivity contribution >= 4 is 37.4 Å². The lowest BCUT2D eigenvalue weighted by Gasteiger charge is -2.10. The fourth-order valence-electron chi connectivity index (χ4n) is 1.73. The Balaban J connectivity index is 2.34. The van der Waals surface area contributed by atoms with Crippen LogP contribution < -0.4 is 5.32 Å². The zero-order chi connectivity index (χ0) is 15.6. The van der Waals surface area contributed by atoms with Gasteiger partial charge in [0.2, 0.25) is 0 Å². The summed E-state index contributed by atoms with van der Waals surface area (Å²) in [7, 11) is -3.46. The lowest BCUT2D eigenvalue weighted by Crippen LogP contribution is -2.14. The van der Waals surface area contributed by atoms with Gasteiger partial charge in [0.05, 0.1) is 15.1 Å². The van der Waals surface area contributed by atoms with Crippen LogP contribution in [0.2, 0.25) is 0 Å². The Labute approximate surface area is 130 Å². The lowest BCUT2D eigenvalue weighted by atomic mass is 10.2. The summed E-state index contributed by atoms with van der Waals surface area (Å²) in [5.74, 6) is -1.00. The Bertz CT molecular complexity index is 806. The van der Waals surface area contributed by atoms with E-state index in [1.165, 1.54) is 24.3 Å². The second-order valence-electron chi connectivity index (χ2n) is 4.35. The van der Waals surface area contributed by atoms with Crippen LogP contribution in [-0.4, -0.2) is 20.6 Å². The molecule has 0 spiro atoms. The molecule has 4 nitrogen and oxygen atoms in total. The Morgan fingerprint density at radius 3 is 2.48 bits per heavy atom. The quantitative estimate of drug-likeness (QED) is 0.900. The molecule has 110 valence electrons. The topological polar surface area (TPSA) is 63.2 Å². The third kappa shape index (κ3) is 3.68. The van der Waals surface area contributed by atoms with E-state index in [0.717, 1.165) is 12.3 Å². The number of hydrogen-bond donors (Lipinski definition) is 1. The van der Waals surface area contributed by atoms with Gasteiger partial charge in [-0.05, 0) is 46.3 Å². The highest BCUT2D eigenvalue weighted by Gasteiger charge is 2.15. The molecular weight excluding hydrogens is 361 g/mol. The number of rotatable bonds is 3. The lowest BCUT2D eigenvalue weighted by molar-refractivity contribution is 0.102. The van der Waals surface area contributed by atoms with Crippen molar-refractivity contribution in [2.45, 2.75) is 4.90 Å². The van der Waals surface area contributed by atoms with E-state index in [0.29, 0.717) is 0 Å². The first kappa shape index (κ1) is 15.7. The van der Waals surface area contributed by atoms with E-state index >= 15 is 0 Å². The van der Waals surface area contributed by atoms with Crippen molar-refractivity contribution in [3.8, 4) is 0 Å². The Kier molecular flexibility index (Phi) is 4.43. The molecule has 2 rings (SSSR count). The fourth-order valence-corrected chi connectivity index (χ4v) is 2.95. The van der Waals surface area contributed by atoms with Crippen LogP contribution in [-0.2, 0) is 9.84 Å². The molecule has 0 unspecified atom stereocenters. The Morgan fingerprint density at radius 1 is 1.19 bits per heavy atom. The first-order valence-corrected chi connectivity index (χ1v) is 8.53. The van der Waals surface area contributed by atoms with Crippen LogP contribution in [0.15, 0.2) is 51.8 Å². The average Bonchev–Trinajstić information content (AvgIpc) is 2.41. The van der Waals surface area contributed by atoms with Crippen LogP contribution in [0.5, 0.6) is 0 Å². The van der Waals surface area contributed by atoms with Gasteiger partial charge in [0.1, 0.15) is 5.82 Å². The van der Waals surface area contributed by atoms with E-state index in [1.807, 2.05) is 0 Å². The molecule has 2 aromatic carbocycles. The molecule has 0 aliphatic rings. The number of para-hydroxylation sites is 1. The van der Waals surface area contributed by atoms with Crippen LogP contribution in [0.25, 0.3) is 0 Å². The zero-order valence-corrected chi connectivity index (χ0v) is 13.3. The summed E-state index contributed by atoms with van der Waals surface area (Å²) in [4.78, 5) is 12.1. The van der Waals surface area contributed by atoms with Crippen molar-refractivity contribution in [2.24, 2.45) is 0 Å². The van der Waals surface area contributed by atoms with Gasteiger partial charge >= 0.3 is 0 Å². The van der Waals surface area contributed by atoms with E-state index in [-0.39, 0.29) is 20.6 Å². The average molecular weight is 372 g/mol. The van der Waals surface area contributed by atoms with Crippen molar-refractivity contribution in [1.29, 1.82) is 0 Å².